The van der Waals surface area contributed by atoms with Crippen LogP contribution in [0.4, 0.5) is 0 Å². The smallest absolute Gasteiger partial charge is 0.192 e. The Kier molecular flexibility index (Phi) is 4.56. The van der Waals surface area contributed by atoms with E-state index in [0.29, 0.717) is 0 Å². The summed E-state index contributed by atoms with van der Waals surface area (Å²) in [5.41, 5.74) is 10.1. The maximum atomic E-state index is 5.96. The van der Waals surface area contributed by atoms with Gasteiger partial charge in [-0.25, -0.2) is 9.97 Å². The first-order valence-electron chi connectivity index (χ1n) is 7.60. The molecule has 4 heteroatoms. The molecule has 2 aromatic rings. The van der Waals surface area contributed by atoms with Crippen molar-refractivity contribution < 1.29 is 0 Å². The third-order valence-electron chi connectivity index (χ3n) is 3.98. The summed E-state index contributed by atoms with van der Waals surface area (Å²) in [4.78, 5) is 10.1. The van der Waals surface area contributed by atoms with Gasteiger partial charge in [0, 0.05) is 23.3 Å². The molecule has 1 aliphatic rings. The van der Waals surface area contributed by atoms with Crippen LogP contribution < -0.4 is 5.73 Å². The molecule has 110 valence electrons. The second kappa shape index (κ2) is 6.58. The molecular formula is C17H21N3S. The van der Waals surface area contributed by atoms with Gasteiger partial charge in [0.15, 0.2) is 5.16 Å². The van der Waals surface area contributed by atoms with Gasteiger partial charge in [0.2, 0.25) is 0 Å². The highest BCUT2D eigenvalue weighted by atomic mass is 32.2. The molecule has 0 spiro atoms. The van der Waals surface area contributed by atoms with Gasteiger partial charge in [-0.2, -0.15) is 0 Å². The summed E-state index contributed by atoms with van der Waals surface area (Å²) < 4.78 is 0. The van der Waals surface area contributed by atoms with E-state index in [0.717, 1.165) is 23.6 Å². The molecule has 1 aliphatic carbocycles. The Morgan fingerprint density at radius 2 is 1.95 bits per heavy atom. The maximum Gasteiger partial charge on any atom is 0.192 e. The van der Waals surface area contributed by atoms with Crippen LogP contribution in [0.2, 0.25) is 0 Å². The Bertz CT molecular complexity index is 610. The summed E-state index contributed by atoms with van der Waals surface area (Å²) in [6.45, 7) is 2.10. The predicted molar refractivity (Wildman–Crippen MR) is 86.6 cm³/mol. The van der Waals surface area contributed by atoms with Gasteiger partial charge in [0.1, 0.15) is 0 Å². The van der Waals surface area contributed by atoms with E-state index in [1.54, 1.807) is 11.8 Å². The van der Waals surface area contributed by atoms with Crippen LogP contribution in [-0.2, 0) is 19.3 Å². The average Bonchev–Trinajstić information content (AvgIpc) is 2.96. The summed E-state index contributed by atoms with van der Waals surface area (Å²) in [5.74, 6) is 0. The van der Waals surface area contributed by atoms with Crippen LogP contribution in [0.15, 0.2) is 40.6 Å². The summed E-state index contributed by atoms with van der Waals surface area (Å²) in [5, 5.41) is 0.807. The molecule has 0 amide bonds. The van der Waals surface area contributed by atoms with Crippen molar-refractivity contribution in [2.24, 2.45) is 5.73 Å². The zero-order valence-electron chi connectivity index (χ0n) is 12.4. The normalized spacial score (nSPS) is 15.0. The molecule has 1 aromatic carbocycles. The Morgan fingerprint density at radius 1 is 1.19 bits per heavy atom. The van der Waals surface area contributed by atoms with Gasteiger partial charge in [0.25, 0.3) is 0 Å². The van der Waals surface area contributed by atoms with Crippen molar-refractivity contribution in [2.45, 2.75) is 55.1 Å². The molecule has 1 atom stereocenters. The van der Waals surface area contributed by atoms with Gasteiger partial charge in [-0.05, 0) is 72.7 Å². The number of aryl methyl sites for hydroxylation is 2. The lowest BCUT2D eigenvalue weighted by Crippen LogP contribution is -2.21. The zero-order valence-corrected chi connectivity index (χ0v) is 13.2. The highest BCUT2D eigenvalue weighted by molar-refractivity contribution is 7.99. The number of fused-ring (bicyclic) bond motifs is 1. The van der Waals surface area contributed by atoms with Crippen LogP contribution in [0.5, 0.6) is 0 Å². The van der Waals surface area contributed by atoms with Gasteiger partial charge in [-0.3, -0.25) is 0 Å². The number of nitrogens with zero attached hydrogens (tertiary/aromatic N) is 2. The number of nitrogens with two attached hydrogens (primary N) is 1. The topological polar surface area (TPSA) is 51.8 Å². The van der Waals surface area contributed by atoms with Crippen molar-refractivity contribution in [1.29, 1.82) is 0 Å². The molecular weight excluding hydrogens is 278 g/mol. The van der Waals surface area contributed by atoms with Gasteiger partial charge < -0.3 is 5.73 Å². The zero-order chi connectivity index (χ0) is 14.7. The molecule has 2 N–H and O–H groups in total. The molecule has 0 saturated carbocycles. The van der Waals surface area contributed by atoms with E-state index in [-0.39, 0.29) is 6.04 Å². The van der Waals surface area contributed by atoms with Gasteiger partial charge in [-0.1, -0.05) is 13.0 Å². The van der Waals surface area contributed by atoms with Crippen LogP contribution >= 0.6 is 11.8 Å². The fourth-order valence-electron chi connectivity index (χ4n) is 2.67. The van der Waals surface area contributed by atoms with E-state index in [1.165, 1.54) is 35.3 Å². The molecule has 0 bridgehead atoms. The van der Waals surface area contributed by atoms with Gasteiger partial charge >= 0.3 is 0 Å². The Balaban J connectivity index is 1.67. The number of aromatic nitrogens is 2. The number of hydrogen-bond acceptors (Lipinski definition) is 4. The third kappa shape index (κ3) is 3.63. The number of hydrogen-bond donors (Lipinski definition) is 1. The largest absolute Gasteiger partial charge is 0.327 e. The first-order chi connectivity index (χ1) is 10.2. The first-order valence-corrected chi connectivity index (χ1v) is 8.42. The lowest BCUT2D eigenvalue weighted by Gasteiger charge is -2.08. The van der Waals surface area contributed by atoms with E-state index in [2.05, 4.69) is 35.1 Å². The summed E-state index contributed by atoms with van der Waals surface area (Å²) in [6.07, 6.45) is 9.34. The number of benzene rings is 1. The maximum absolute atomic E-state index is 5.96. The third-order valence-corrected chi connectivity index (χ3v) is 4.87. The summed E-state index contributed by atoms with van der Waals surface area (Å²) in [6, 6.07) is 6.92. The van der Waals surface area contributed by atoms with Crippen molar-refractivity contribution in [3.05, 3.63) is 47.3 Å². The van der Waals surface area contributed by atoms with E-state index in [9.17, 15) is 0 Å². The quantitative estimate of drug-likeness (QED) is 0.860. The molecule has 0 saturated heterocycles. The second-order valence-corrected chi connectivity index (χ2v) is 6.67. The Hall–Kier alpha value is -1.39. The molecule has 0 radical (unpaired) electrons. The molecule has 1 aromatic heterocycles. The average molecular weight is 299 g/mol. The highest BCUT2D eigenvalue weighted by Crippen LogP contribution is 2.30. The standard InChI is InChI=1S/C17H21N3S/c1-2-15(18)8-12-10-19-17(20-11-12)21-16-7-6-13-4-3-5-14(13)9-16/h6-7,9-11,15H,2-5,8,18H2,1H3. The van der Waals surface area contributed by atoms with Crippen molar-refractivity contribution in [3.63, 3.8) is 0 Å². The molecule has 3 nitrogen and oxygen atoms in total. The Labute approximate surface area is 130 Å². The van der Waals surface area contributed by atoms with E-state index < -0.39 is 0 Å². The SMILES string of the molecule is CCC(N)Cc1cnc(Sc2ccc3c(c2)CCC3)nc1. The molecule has 0 fully saturated rings. The Morgan fingerprint density at radius 3 is 2.71 bits per heavy atom. The van der Waals surface area contributed by atoms with E-state index in [1.807, 2.05) is 12.4 Å². The first kappa shape index (κ1) is 14.5. The second-order valence-electron chi connectivity index (χ2n) is 5.63. The van der Waals surface area contributed by atoms with Crippen LogP contribution in [0, 0.1) is 0 Å². The van der Waals surface area contributed by atoms with E-state index in [4.69, 9.17) is 5.73 Å². The highest BCUT2D eigenvalue weighted by Gasteiger charge is 2.12. The summed E-state index contributed by atoms with van der Waals surface area (Å²) in [7, 11) is 0. The van der Waals surface area contributed by atoms with Gasteiger partial charge in [-0.15, -0.1) is 0 Å². The van der Waals surface area contributed by atoms with Crippen molar-refractivity contribution in [1.82, 2.24) is 9.97 Å². The van der Waals surface area contributed by atoms with Crippen LogP contribution in [-0.4, -0.2) is 16.0 Å². The fourth-order valence-corrected chi connectivity index (χ4v) is 3.42. The minimum absolute atomic E-state index is 0.198. The lowest BCUT2D eigenvalue weighted by molar-refractivity contribution is 0.641. The van der Waals surface area contributed by atoms with E-state index >= 15 is 0 Å². The molecule has 1 heterocycles. The van der Waals surface area contributed by atoms with Crippen molar-refractivity contribution in [2.75, 3.05) is 0 Å². The van der Waals surface area contributed by atoms with Crippen LogP contribution in [0.1, 0.15) is 36.5 Å². The van der Waals surface area contributed by atoms with Gasteiger partial charge in [0.05, 0.1) is 0 Å². The lowest BCUT2D eigenvalue weighted by atomic mass is 10.1. The monoisotopic (exact) mass is 299 g/mol. The number of rotatable bonds is 5. The van der Waals surface area contributed by atoms with Crippen LogP contribution in [0.25, 0.3) is 0 Å². The van der Waals surface area contributed by atoms with Crippen LogP contribution in [0.3, 0.4) is 0 Å². The minimum atomic E-state index is 0.198. The summed E-state index contributed by atoms with van der Waals surface area (Å²) >= 11 is 1.63. The van der Waals surface area contributed by atoms with Crippen molar-refractivity contribution in [3.8, 4) is 0 Å². The molecule has 1 unspecified atom stereocenters. The molecule has 0 aliphatic heterocycles. The predicted octanol–water partition coefficient (Wildman–Crippen LogP) is 3.40. The fraction of sp³-hybridized carbons (Fsp3) is 0.412. The molecule has 3 rings (SSSR count). The molecule has 21 heavy (non-hydrogen) atoms. The van der Waals surface area contributed by atoms with Crippen molar-refractivity contribution >= 4 is 11.8 Å². The minimum Gasteiger partial charge on any atom is -0.327 e.